The summed E-state index contributed by atoms with van der Waals surface area (Å²) in [5, 5.41) is 2.96. The van der Waals surface area contributed by atoms with Crippen molar-refractivity contribution in [2.24, 2.45) is 0 Å². The van der Waals surface area contributed by atoms with Crippen LogP contribution in [0.3, 0.4) is 0 Å². The monoisotopic (exact) mass is 335 g/mol. The van der Waals surface area contributed by atoms with Crippen LogP contribution in [0.5, 0.6) is 0 Å². The Labute approximate surface area is 132 Å². The third-order valence-corrected chi connectivity index (χ3v) is 4.71. The van der Waals surface area contributed by atoms with Crippen molar-refractivity contribution < 1.29 is 13.2 Å². The molecular weight excluding hydrogens is 314 g/mol. The number of carbonyl (C=O) groups excluding carboxylic acids is 1. The lowest BCUT2D eigenvalue weighted by Crippen LogP contribution is -2.33. The number of nitrogens with zero attached hydrogens (tertiary/aromatic N) is 2. The molecule has 0 fully saturated rings. The van der Waals surface area contributed by atoms with Crippen molar-refractivity contribution in [1.29, 1.82) is 0 Å². The summed E-state index contributed by atoms with van der Waals surface area (Å²) in [6.07, 6.45) is 0. The third kappa shape index (κ3) is 4.96. The lowest BCUT2D eigenvalue weighted by molar-refractivity contribution is 0.0796. The van der Waals surface area contributed by atoms with Crippen LogP contribution in [0.1, 0.15) is 10.4 Å². The highest BCUT2D eigenvalue weighted by Crippen LogP contribution is 2.15. The topological polar surface area (TPSA) is 69.7 Å². The van der Waals surface area contributed by atoms with Crippen molar-refractivity contribution in [3.8, 4) is 0 Å². The summed E-state index contributed by atoms with van der Waals surface area (Å²) >= 11 is 0. The Balaban J connectivity index is 0.00000400. The maximum absolute atomic E-state index is 12.2. The molecule has 0 aliphatic carbocycles. The normalized spacial score (nSPS) is 11.1. The van der Waals surface area contributed by atoms with Gasteiger partial charge < -0.3 is 10.2 Å². The van der Waals surface area contributed by atoms with Crippen molar-refractivity contribution in [3.05, 3.63) is 29.8 Å². The molecule has 120 valence electrons. The molecule has 0 aliphatic rings. The summed E-state index contributed by atoms with van der Waals surface area (Å²) in [7, 11) is 2.89. The van der Waals surface area contributed by atoms with Gasteiger partial charge in [0.25, 0.3) is 5.91 Å². The number of rotatable bonds is 6. The Kier molecular flexibility index (Phi) is 7.87. The van der Waals surface area contributed by atoms with Crippen LogP contribution in [0.15, 0.2) is 29.2 Å². The zero-order valence-electron chi connectivity index (χ0n) is 12.7. The summed E-state index contributed by atoms with van der Waals surface area (Å²) in [5.74, 6) is -0.198. The van der Waals surface area contributed by atoms with Crippen LogP contribution >= 0.6 is 12.4 Å². The van der Waals surface area contributed by atoms with E-state index in [4.69, 9.17) is 0 Å². The molecule has 0 bridgehead atoms. The first-order chi connectivity index (χ1) is 9.30. The van der Waals surface area contributed by atoms with Gasteiger partial charge in [-0.3, -0.25) is 4.79 Å². The molecule has 0 unspecified atom stereocenters. The van der Waals surface area contributed by atoms with Crippen LogP contribution in [0, 0.1) is 0 Å². The minimum atomic E-state index is -3.53. The molecule has 0 saturated heterocycles. The average molecular weight is 336 g/mol. The molecule has 0 spiro atoms. The van der Waals surface area contributed by atoms with Crippen LogP contribution in [0.4, 0.5) is 0 Å². The van der Waals surface area contributed by atoms with E-state index >= 15 is 0 Å². The lowest BCUT2D eigenvalue weighted by atomic mass is 10.2. The van der Waals surface area contributed by atoms with Crippen molar-refractivity contribution in [2.45, 2.75) is 4.90 Å². The zero-order valence-corrected chi connectivity index (χ0v) is 14.3. The molecule has 0 atom stereocenters. The first kappa shape index (κ1) is 19.9. The van der Waals surface area contributed by atoms with E-state index < -0.39 is 10.0 Å². The van der Waals surface area contributed by atoms with E-state index in [9.17, 15) is 13.2 Å². The Bertz CT molecular complexity index is 576. The summed E-state index contributed by atoms with van der Waals surface area (Å²) < 4.78 is 25.2. The molecule has 0 aliphatic heterocycles. The molecule has 1 rings (SSSR count). The van der Waals surface area contributed by atoms with Gasteiger partial charge in [-0.2, -0.15) is 0 Å². The van der Waals surface area contributed by atoms with E-state index in [2.05, 4.69) is 5.32 Å². The summed E-state index contributed by atoms with van der Waals surface area (Å²) in [5.41, 5.74) is 0.367. The van der Waals surface area contributed by atoms with E-state index in [0.29, 0.717) is 18.7 Å². The summed E-state index contributed by atoms with van der Waals surface area (Å²) in [4.78, 5) is 13.9. The van der Waals surface area contributed by atoms with Crippen molar-refractivity contribution in [1.82, 2.24) is 14.5 Å². The Morgan fingerprint density at radius 3 is 2.38 bits per heavy atom. The fourth-order valence-electron chi connectivity index (χ4n) is 1.60. The number of amides is 1. The van der Waals surface area contributed by atoms with Gasteiger partial charge in [-0.1, -0.05) is 6.07 Å². The molecule has 6 nitrogen and oxygen atoms in total. The van der Waals surface area contributed by atoms with E-state index in [0.717, 1.165) is 4.31 Å². The van der Waals surface area contributed by atoms with E-state index in [-0.39, 0.29) is 23.2 Å². The first-order valence-electron chi connectivity index (χ1n) is 6.23. The van der Waals surface area contributed by atoms with Gasteiger partial charge in [0.1, 0.15) is 0 Å². The number of likely N-dealkylation sites (N-methyl/N-ethyl adjacent to an activating group) is 2. The second kappa shape index (κ2) is 8.33. The van der Waals surface area contributed by atoms with Crippen LogP contribution < -0.4 is 5.32 Å². The molecule has 21 heavy (non-hydrogen) atoms. The predicted octanol–water partition coefficient (Wildman–Crippen LogP) is 0.650. The Morgan fingerprint density at radius 1 is 1.24 bits per heavy atom. The van der Waals surface area contributed by atoms with Gasteiger partial charge in [0, 0.05) is 39.8 Å². The Hall–Kier alpha value is -1.15. The SMILES string of the molecule is CNCCN(C)C(=O)c1cccc(S(=O)(=O)N(C)C)c1.Cl. The molecule has 8 heteroatoms. The van der Waals surface area contributed by atoms with Crippen molar-refractivity contribution >= 4 is 28.3 Å². The zero-order chi connectivity index (χ0) is 15.3. The van der Waals surface area contributed by atoms with Gasteiger partial charge in [-0.15, -0.1) is 12.4 Å². The number of nitrogens with one attached hydrogen (secondary N) is 1. The number of halogens is 1. The van der Waals surface area contributed by atoms with Gasteiger partial charge in [0.2, 0.25) is 10.0 Å². The molecule has 0 heterocycles. The highest BCUT2D eigenvalue weighted by Gasteiger charge is 2.19. The second-order valence-electron chi connectivity index (χ2n) is 4.65. The maximum atomic E-state index is 12.2. The van der Waals surface area contributed by atoms with Gasteiger partial charge in [-0.25, -0.2) is 12.7 Å². The lowest BCUT2D eigenvalue weighted by Gasteiger charge is -2.18. The standard InChI is InChI=1S/C13H21N3O3S.ClH/c1-14-8-9-16(4)13(17)11-6-5-7-12(10-11)20(18,19)15(2)3;/h5-7,10,14H,8-9H2,1-4H3;1H. The number of sulfonamides is 1. The minimum absolute atomic E-state index is 0. The second-order valence-corrected chi connectivity index (χ2v) is 6.80. The number of carbonyl (C=O) groups is 1. The van der Waals surface area contributed by atoms with Crippen LogP contribution in [-0.2, 0) is 10.0 Å². The molecule has 0 saturated carbocycles. The van der Waals surface area contributed by atoms with Crippen LogP contribution in [0.25, 0.3) is 0 Å². The molecule has 1 aromatic carbocycles. The van der Waals surface area contributed by atoms with Crippen molar-refractivity contribution in [3.63, 3.8) is 0 Å². The Morgan fingerprint density at radius 2 is 1.86 bits per heavy atom. The number of benzene rings is 1. The van der Waals surface area contributed by atoms with E-state index in [1.165, 1.54) is 26.2 Å². The minimum Gasteiger partial charge on any atom is -0.340 e. The fourth-order valence-corrected chi connectivity index (χ4v) is 2.55. The highest BCUT2D eigenvalue weighted by atomic mass is 35.5. The molecule has 1 amide bonds. The number of hydrogen-bond donors (Lipinski definition) is 1. The van der Waals surface area contributed by atoms with E-state index in [1.54, 1.807) is 24.1 Å². The van der Waals surface area contributed by atoms with Gasteiger partial charge in [-0.05, 0) is 25.2 Å². The number of hydrogen-bond acceptors (Lipinski definition) is 4. The maximum Gasteiger partial charge on any atom is 0.253 e. The van der Waals surface area contributed by atoms with E-state index in [1.807, 2.05) is 7.05 Å². The third-order valence-electron chi connectivity index (χ3n) is 2.90. The summed E-state index contributed by atoms with van der Waals surface area (Å²) in [6, 6.07) is 6.09. The quantitative estimate of drug-likeness (QED) is 0.828. The molecule has 0 aromatic heterocycles. The van der Waals surface area contributed by atoms with Gasteiger partial charge in [0.15, 0.2) is 0 Å². The van der Waals surface area contributed by atoms with Crippen molar-refractivity contribution in [2.75, 3.05) is 41.3 Å². The average Bonchev–Trinajstić information content (AvgIpc) is 2.43. The first-order valence-corrected chi connectivity index (χ1v) is 7.67. The molecule has 1 N–H and O–H groups in total. The predicted molar refractivity (Wildman–Crippen MR) is 85.5 cm³/mol. The molecular formula is C13H22ClN3O3S. The molecule has 1 aromatic rings. The molecule has 0 radical (unpaired) electrons. The largest absolute Gasteiger partial charge is 0.340 e. The highest BCUT2D eigenvalue weighted by molar-refractivity contribution is 7.89. The smallest absolute Gasteiger partial charge is 0.253 e. The van der Waals surface area contributed by atoms with Crippen LogP contribution in [-0.4, -0.2) is 64.8 Å². The van der Waals surface area contributed by atoms with Crippen LogP contribution in [0.2, 0.25) is 0 Å². The van der Waals surface area contributed by atoms with Gasteiger partial charge in [0.05, 0.1) is 4.90 Å². The fraction of sp³-hybridized carbons (Fsp3) is 0.462. The summed E-state index contributed by atoms with van der Waals surface area (Å²) in [6.45, 7) is 1.23. The van der Waals surface area contributed by atoms with Gasteiger partial charge >= 0.3 is 0 Å².